The van der Waals surface area contributed by atoms with Crippen molar-refractivity contribution in [1.82, 2.24) is 20.1 Å². The second-order valence-corrected chi connectivity index (χ2v) is 7.98. The molecule has 3 heterocycles. The number of thiazole rings is 1. The van der Waals surface area contributed by atoms with E-state index in [0.29, 0.717) is 0 Å². The summed E-state index contributed by atoms with van der Waals surface area (Å²) in [4.78, 5) is 21.7. The van der Waals surface area contributed by atoms with Crippen LogP contribution in [0.4, 0.5) is 0 Å². The van der Waals surface area contributed by atoms with Crippen LogP contribution in [0.2, 0.25) is 0 Å². The molecule has 2 aliphatic rings. The molecule has 0 saturated carbocycles. The minimum absolute atomic E-state index is 0. The zero-order chi connectivity index (χ0) is 18.6. The van der Waals surface area contributed by atoms with E-state index < -0.39 is 0 Å². The first kappa shape index (κ1) is 21.0. The molecule has 6 nitrogen and oxygen atoms in total. The lowest BCUT2D eigenvalue weighted by molar-refractivity contribution is -0.134. The van der Waals surface area contributed by atoms with Gasteiger partial charge in [-0.25, -0.2) is 4.98 Å². The zero-order valence-electron chi connectivity index (χ0n) is 16.1. The summed E-state index contributed by atoms with van der Waals surface area (Å²) in [6.45, 7) is 5.26. The monoisotopic (exact) mass is 422 g/mol. The number of benzene rings is 1. The van der Waals surface area contributed by atoms with Crippen molar-refractivity contribution in [3.8, 4) is 16.3 Å². The largest absolute Gasteiger partial charge is 0.497 e. The summed E-state index contributed by atoms with van der Waals surface area (Å²) in [5.74, 6) is 1.14. The van der Waals surface area contributed by atoms with Crippen LogP contribution in [0.3, 0.4) is 0 Å². The van der Waals surface area contributed by atoms with Gasteiger partial charge in [0.25, 0.3) is 0 Å². The lowest BCUT2D eigenvalue weighted by Crippen LogP contribution is -2.52. The first-order valence-electron chi connectivity index (χ1n) is 9.56. The summed E-state index contributed by atoms with van der Waals surface area (Å²) in [6, 6.07) is 8.06. The highest BCUT2D eigenvalue weighted by Crippen LogP contribution is 2.26. The Balaban J connectivity index is 0.00000225. The Kier molecular flexibility index (Phi) is 7.29. The zero-order valence-corrected chi connectivity index (χ0v) is 17.7. The number of nitrogens with one attached hydrogen (secondary N) is 1. The molecule has 2 fully saturated rings. The van der Waals surface area contributed by atoms with Crippen molar-refractivity contribution in [1.29, 1.82) is 0 Å². The van der Waals surface area contributed by atoms with Crippen LogP contribution in [0.5, 0.6) is 5.75 Å². The molecule has 152 valence electrons. The molecule has 1 aromatic heterocycles. The number of halogens is 1. The number of nitrogens with zero attached hydrogens (tertiary/aromatic N) is 3. The number of methoxy groups -OCH3 is 1. The molecule has 2 aromatic rings. The third kappa shape index (κ3) is 4.84. The van der Waals surface area contributed by atoms with Crippen LogP contribution in [0, 0.1) is 0 Å². The highest BCUT2D eigenvalue weighted by molar-refractivity contribution is 7.13. The topological polar surface area (TPSA) is 57.7 Å². The fraction of sp³-hybridized carbons (Fsp3) is 0.500. The van der Waals surface area contributed by atoms with E-state index in [-0.39, 0.29) is 24.4 Å². The quantitative estimate of drug-likeness (QED) is 0.802. The second kappa shape index (κ2) is 9.69. The second-order valence-electron chi connectivity index (χ2n) is 7.12. The molecule has 0 aliphatic carbocycles. The fourth-order valence-electron chi connectivity index (χ4n) is 3.72. The Morgan fingerprint density at radius 1 is 1.25 bits per heavy atom. The third-order valence-electron chi connectivity index (χ3n) is 5.32. The molecule has 1 unspecified atom stereocenters. The molecule has 2 aliphatic heterocycles. The van der Waals surface area contributed by atoms with Crippen molar-refractivity contribution in [3.63, 3.8) is 0 Å². The van der Waals surface area contributed by atoms with Gasteiger partial charge in [0.05, 0.1) is 18.8 Å². The molecule has 8 heteroatoms. The Labute approximate surface area is 176 Å². The van der Waals surface area contributed by atoms with Crippen LogP contribution < -0.4 is 10.1 Å². The van der Waals surface area contributed by atoms with Crippen molar-refractivity contribution in [2.75, 3.05) is 39.8 Å². The third-order valence-corrected chi connectivity index (χ3v) is 6.26. The van der Waals surface area contributed by atoms with Gasteiger partial charge >= 0.3 is 0 Å². The Bertz CT molecular complexity index is 769. The summed E-state index contributed by atoms with van der Waals surface area (Å²) in [6.07, 6.45) is 2.09. The van der Waals surface area contributed by atoms with E-state index in [9.17, 15) is 4.79 Å². The summed E-state index contributed by atoms with van der Waals surface area (Å²) in [5.41, 5.74) is 2.22. The summed E-state index contributed by atoms with van der Waals surface area (Å²) in [7, 11) is 1.67. The minimum Gasteiger partial charge on any atom is -0.497 e. The molecule has 0 bridgehead atoms. The molecular weight excluding hydrogens is 396 g/mol. The predicted molar refractivity (Wildman–Crippen MR) is 114 cm³/mol. The molecule has 4 rings (SSSR count). The predicted octanol–water partition coefficient (Wildman–Crippen LogP) is 2.64. The SMILES string of the molecule is COc1ccc(-c2nc(CN3CCN(C(=O)C4CCCN4)CC3)cs2)cc1.Cl. The van der Waals surface area contributed by atoms with Gasteiger partial charge in [0, 0.05) is 43.7 Å². The molecular formula is C20H27ClN4O2S. The smallest absolute Gasteiger partial charge is 0.239 e. The summed E-state index contributed by atoms with van der Waals surface area (Å²) < 4.78 is 5.21. The number of carbonyl (C=O) groups is 1. The van der Waals surface area contributed by atoms with Gasteiger partial charge in [0.2, 0.25) is 5.91 Å². The van der Waals surface area contributed by atoms with E-state index in [1.54, 1.807) is 18.4 Å². The van der Waals surface area contributed by atoms with Crippen molar-refractivity contribution in [3.05, 3.63) is 35.3 Å². The number of ether oxygens (including phenoxy) is 1. The summed E-state index contributed by atoms with van der Waals surface area (Å²) >= 11 is 1.68. The molecule has 2 saturated heterocycles. The Hall–Kier alpha value is -1.67. The maximum absolute atomic E-state index is 12.5. The van der Waals surface area contributed by atoms with E-state index in [2.05, 4.69) is 15.6 Å². The molecule has 1 amide bonds. The van der Waals surface area contributed by atoms with E-state index in [4.69, 9.17) is 9.72 Å². The Morgan fingerprint density at radius 2 is 2.00 bits per heavy atom. The van der Waals surface area contributed by atoms with E-state index in [1.807, 2.05) is 29.2 Å². The van der Waals surface area contributed by atoms with E-state index in [1.165, 1.54) is 0 Å². The number of amides is 1. The van der Waals surface area contributed by atoms with Crippen LogP contribution in [-0.4, -0.2) is 66.6 Å². The maximum atomic E-state index is 12.5. The van der Waals surface area contributed by atoms with Gasteiger partial charge in [-0.2, -0.15) is 0 Å². The number of rotatable bonds is 5. The van der Waals surface area contributed by atoms with Crippen molar-refractivity contribution < 1.29 is 9.53 Å². The van der Waals surface area contributed by atoms with E-state index >= 15 is 0 Å². The lowest BCUT2D eigenvalue weighted by Gasteiger charge is -2.35. The van der Waals surface area contributed by atoms with Crippen LogP contribution in [-0.2, 0) is 11.3 Å². The number of hydrogen-bond donors (Lipinski definition) is 1. The first-order valence-corrected chi connectivity index (χ1v) is 10.4. The first-order chi connectivity index (χ1) is 13.2. The van der Waals surface area contributed by atoms with Crippen LogP contribution in [0.25, 0.3) is 10.6 Å². The van der Waals surface area contributed by atoms with E-state index in [0.717, 1.165) is 74.1 Å². The van der Waals surface area contributed by atoms with Gasteiger partial charge in [0.1, 0.15) is 10.8 Å². The van der Waals surface area contributed by atoms with Crippen molar-refractivity contribution in [2.24, 2.45) is 0 Å². The van der Waals surface area contributed by atoms with Gasteiger partial charge < -0.3 is 15.0 Å². The average molecular weight is 423 g/mol. The number of hydrogen-bond acceptors (Lipinski definition) is 6. The number of piperazine rings is 1. The molecule has 0 spiro atoms. The number of aromatic nitrogens is 1. The molecule has 1 atom stereocenters. The van der Waals surface area contributed by atoms with Crippen LogP contribution in [0.15, 0.2) is 29.6 Å². The van der Waals surface area contributed by atoms with Gasteiger partial charge in [-0.3, -0.25) is 9.69 Å². The Morgan fingerprint density at radius 3 is 2.64 bits per heavy atom. The van der Waals surface area contributed by atoms with Gasteiger partial charge in [-0.1, -0.05) is 0 Å². The van der Waals surface area contributed by atoms with Crippen molar-refractivity contribution >= 4 is 29.7 Å². The molecule has 1 aromatic carbocycles. The normalized spacial score (nSPS) is 20.0. The fourth-order valence-corrected chi connectivity index (χ4v) is 4.53. The van der Waals surface area contributed by atoms with Gasteiger partial charge in [-0.05, 0) is 43.7 Å². The molecule has 28 heavy (non-hydrogen) atoms. The van der Waals surface area contributed by atoms with Gasteiger partial charge in [0.15, 0.2) is 0 Å². The number of carbonyl (C=O) groups excluding carboxylic acids is 1. The molecule has 0 radical (unpaired) electrons. The highest BCUT2D eigenvalue weighted by atomic mass is 35.5. The van der Waals surface area contributed by atoms with Crippen LogP contribution >= 0.6 is 23.7 Å². The van der Waals surface area contributed by atoms with Gasteiger partial charge in [-0.15, -0.1) is 23.7 Å². The summed E-state index contributed by atoms with van der Waals surface area (Å²) in [5, 5.41) is 6.48. The van der Waals surface area contributed by atoms with Crippen molar-refractivity contribution in [2.45, 2.75) is 25.4 Å². The highest BCUT2D eigenvalue weighted by Gasteiger charge is 2.29. The maximum Gasteiger partial charge on any atom is 0.239 e. The lowest BCUT2D eigenvalue weighted by atomic mass is 10.2. The average Bonchev–Trinajstić information content (AvgIpc) is 3.40. The standard InChI is InChI=1S/C20H26N4O2S.ClH/c1-26-17-6-4-15(5-7-17)19-22-16(14-27-19)13-23-9-11-24(12-10-23)20(25)18-3-2-8-21-18;/h4-7,14,18,21H,2-3,8-13H2,1H3;1H. The molecule has 1 N–H and O–H groups in total. The van der Waals surface area contributed by atoms with Crippen LogP contribution in [0.1, 0.15) is 18.5 Å². The minimum atomic E-state index is 0.